The SMILES string of the molecule is COCc1ccccc1-c1cccc2nc(Nc3ccc4c(c3)CCN(C(=O)O)CC4)nn12. The summed E-state index contributed by atoms with van der Waals surface area (Å²) in [5.74, 6) is 0.507. The number of hydrogen-bond donors (Lipinski definition) is 2. The van der Waals surface area contributed by atoms with E-state index in [1.165, 1.54) is 10.5 Å². The Hall–Kier alpha value is -3.91. The zero-order chi connectivity index (χ0) is 22.8. The van der Waals surface area contributed by atoms with Crippen LogP contribution < -0.4 is 5.32 Å². The van der Waals surface area contributed by atoms with Crippen molar-refractivity contribution in [1.29, 1.82) is 0 Å². The number of methoxy groups -OCH3 is 1. The number of amides is 1. The largest absolute Gasteiger partial charge is 0.465 e. The maximum Gasteiger partial charge on any atom is 0.407 e. The Morgan fingerprint density at radius 2 is 1.88 bits per heavy atom. The van der Waals surface area contributed by atoms with E-state index in [2.05, 4.69) is 34.6 Å². The zero-order valence-corrected chi connectivity index (χ0v) is 18.4. The number of ether oxygens (including phenoxy) is 1. The molecule has 0 saturated carbocycles. The molecule has 1 amide bonds. The highest BCUT2D eigenvalue weighted by molar-refractivity contribution is 5.68. The summed E-state index contributed by atoms with van der Waals surface area (Å²) in [6.07, 6.45) is 0.549. The number of aromatic nitrogens is 3. The smallest absolute Gasteiger partial charge is 0.407 e. The average Bonchev–Trinajstić information content (AvgIpc) is 3.10. The summed E-state index contributed by atoms with van der Waals surface area (Å²) in [7, 11) is 1.69. The van der Waals surface area contributed by atoms with Crippen LogP contribution >= 0.6 is 0 Å². The molecule has 3 heterocycles. The third-order valence-electron chi connectivity index (χ3n) is 5.99. The van der Waals surface area contributed by atoms with Gasteiger partial charge in [-0.05, 0) is 53.8 Å². The van der Waals surface area contributed by atoms with Crippen LogP contribution in [-0.2, 0) is 24.2 Å². The van der Waals surface area contributed by atoms with Gasteiger partial charge in [-0.3, -0.25) is 0 Å². The highest BCUT2D eigenvalue weighted by atomic mass is 16.5. The van der Waals surface area contributed by atoms with Crippen molar-refractivity contribution in [3.8, 4) is 11.3 Å². The van der Waals surface area contributed by atoms with Crippen molar-refractivity contribution in [2.75, 3.05) is 25.5 Å². The fourth-order valence-corrected chi connectivity index (χ4v) is 4.34. The van der Waals surface area contributed by atoms with Crippen LogP contribution in [0.4, 0.5) is 16.4 Å². The lowest BCUT2D eigenvalue weighted by molar-refractivity contribution is 0.147. The average molecular weight is 444 g/mol. The van der Waals surface area contributed by atoms with Crippen molar-refractivity contribution in [2.24, 2.45) is 0 Å². The molecular weight excluding hydrogens is 418 g/mol. The lowest BCUT2D eigenvalue weighted by Crippen LogP contribution is -2.31. The summed E-state index contributed by atoms with van der Waals surface area (Å²) < 4.78 is 7.21. The van der Waals surface area contributed by atoms with Gasteiger partial charge in [0.25, 0.3) is 0 Å². The van der Waals surface area contributed by atoms with Gasteiger partial charge in [0.05, 0.1) is 12.3 Å². The minimum atomic E-state index is -0.863. The molecule has 4 aromatic rings. The Labute approximate surface area is 191 Å². The second kappa shape index (κ2) is 8.91. The quantitative estimate of drug-likeness (QED) is 0.476. The van der Waals surface area contributed by atoms with E-state index in [0.717, 1.165) is 40.1 Å². The maximum atomic E-state index is 11.3. The molecule has 168 valence electrons. The molecule has 1 aliphatic rings. The first kappa shape index (κ1) is 21.0. The number of hydrogen-bond acceptors (Lipinski definition) is 5. The molecule has 0 atom stereocenters. The molecule has 0 spiro atoms. The van der Waals surface area contributed by atoms with Crippen molar-refractivity contribution in [3.05, 3.63) is 77.4 Å². The number of carbonyl (C=O) groups is 1. The third kappa shape index (κ3) is 4.25. The van der Waals surface area contributed by atoms with E-state index in [1.807, 2.05) is 40.9 Å². The summed E-state index contributed by atoms with van der Waals surface area (Å²) in [5.41, 5.74) is 7.04. The van der Waals surface area contributed by atoms with Gasteiger partial charge in [0.2, 0.25) is 5.95 Å². The van der Waals surface area contributed by atoms with E-state index < -0.39 is 6.09 Å². The van der Waals surface area contributed by atoms with E-state index >= 15 is 0 Å². The molecular formula is C25H25N5O3. The Balaban J connectivity index is 1.44. The second-order valence-electron chi connectivity index (χ2n) is 8.08. The van der Waals surface area contributed by atoms with Crippen LogP contribution in [0, 0.1) is 0 Å². The number of rotatable bonds is 5. The minimum Gasteiger partial charge on any atom is -0.465 e. The van der Waals surface area contributed by atoms with Crippen molar-refractivity contribution in [2.45, 2.75) is 19.4 Å². The Bertz CT molecular complexity index is 1320. The Kier molecular flexibility index (Phi) is 5.66. The van der Waals surface area contributed by atoms with E-state index in [-0.39, 0.29) is 0 Å². The number of nitrogens with zero attached hydrogens (tertiary/aromatic N) is 4. The lowest BCUT2D eigenvalue weighted by atomic mass is 10.0. The van der Waals surface area contributed by atoms with Gasteiger partial charge < -0.3 is 20.1 Å². The molecule has 8 heteroatoms. The van der Waals surface area contributed by atoms with Gasteiger partial charge in [0.1, 0.15) is 0 Å². The van der Waals surface area contributed by atoms with Gasteiger partial charge in [-0.15, -0.1) is 5.10 Å². The molecule has 33 heavy (non-hydrogen) atoms. The first-order valence-corrected chi connectivity index (χ1v) is 10.9. The van der Waals surface area contributed by atoms with Gasteiger partial charge in [-0.25, -0.2) is 9.31 Å². The molecule has 0 unspecified atom stereocenters. The molecule has 0 saturated heterocycles. The molecule has 0 radical (unpaired) electrons. The summed E-state index contributed by atoms with van der Waals surface area (Å²) in [6.45, 7) is 1.54. The molecule has 2 aromatic heterocycles. The van der Waals surface area contributed by atoms with E-state index in [0.29, 0.717) is 32.1 Å². The van der Waals surface area contributed by atoms with Crippen LogP contribution in [-0.4, -0.2) is 50.9 Å². The van der Waals surface area contributed by atoms with Gasteiger partial charge in [0, 0.05) is 31.5 Å². The predicted molar refractivity (Wildman–Crippen MR) is 126 cm³/mol. The van der Waals surface area contributed by atoms with Crippen LogP contribution in [0.2, 0.25) is 0 Å². The summed E-state index contributed by atoms with van der Waals surface area (Å²) in [4.78, 5) is 17.5. The van der Waals surface area contributed by atoms with Crippen LogP contribution in [0.5, 0.6) is 0 Å². The van der Waals surface area contributed by atoms with Gasteiger partial charge in [-0.1, -0.05) is 36.4 Å². The molecule has 2 N–H and O–H groups in total. The predicted octanol–water partition coefficient (Wildman–Crippen LogP) is 4.36. The fraction of sp³-hybridized carbons (Fsp3) is 0.240. The summed E-state index contributed by atoms with van der Waals surface area (Å²) >= 11 is 0. The number of nitrogens with one attached hydrogen (secondary N) is 1. The van der Waals surface area contributed by atoms with Crippen molar-refractivity contribution < 1.29 is 14.6 Å². The second-order valence-corrected chi connectivity index (χ2v) is 8.08. The molecule has 0 fully saturated rings. The van der Waals surface area contributed by atoms with Crippen LogP contribution in [0.25, 0.3) is 16.9 Å². The number of anilines is 2. The molecule has 2 aromatic carbocycles. The summed E-state index contributed by atoms with van der Waals surface area (Å²) in [5, 5.41) is 17.3. The van der Waals surface area contributed by atoms with Crippen LogP contribution in [0.15, 0.2) is 60.7 Å². The van der Waals surface area contributed by atoms with Gasteiger partial charge >= 0.3 is 6.09 Å². The topological polar surface area (TPSA) is 92.0 Å². The number of carboxylic acid groups (broad SMARTS) is 1. The Morgan fingerprint density at radius 3 is 2.70 bits per heavy atom. The van der Waals surface area contributed by atoms with Crippen molar-refractivity contribution in [1.82, 2.24) is 19.5 Å². The van der Waals surface area contributed by atoms with Crippen LogP contribution in [0.1, 0.15) is 16.7 Å². The van der Waals surface area contributed by atoms with E-state index in [9.17, 15) is 9.90 Å². The first-order chi connectivity index (χ1) is 16.1. The number of pyridine rings is 1. The van der Waals surface area contributed by atoms with Gasteiger partial charge in [0.15, 0.2) is 5.65 Å². The first-order valence-electron chi connectivity index (χ1n) is 10.9. The maximum absolute atomic E-state index is 11.3. The van der Waals surface area contributed by atoms with E-state index in [4.69, 9.17) is 9.84 Å². The standard InChI is InChI=1S/C25H25N5O3/c1-33-16-19-5-2-3-6-21(19)22-7-4-8-23-27-24(28-30(22)23)26-20-10-9-17-11-13-29(25(31)32)14-12-18(17)15-20/h2-10,15H,11-14,16H2,1H3,(H,26,28)(H,31,32). The fourth-order valence-electron chi connectivity index (χ4n) is 4.34. The highest BCUT2D eigenvalue weighted by Gasteiger charge is 2.18. The molecule has 5 rings (SSSR count). The Morgan fingerprint density at radius 1 is 1.06 bits per heavy atom. The van der Waals surface area contributed by atoms with Crippen molar-refractivity contribution in [3.63, 3.8) is 0 Å². The molecule has 0 bridgehead atoms. The highest BCUT2D eigenvalue weighted by Crippen LogP contribution is 2.27. The molecule has 0 aliphatic carbocycles. The zero-order valence-electron chi connectivity index (χ0n) is 18.4. The molecule has 1 aliphatic heterocycles. The lowest BCUT2D eigenvalue weighted by Gasteiger charge is -2.15. The normalized spacial score (nSPS) is 13.5. The van der Waals surface area contributed by atoms with E-state index in [1.54, 1.807) is 7.11 Å². The summed E-state index contributed by atoms with van der Waals surface area (Å²) in [6, 6.07) is 20.2. The molecule has 8 nitrogen and oxygen atoms in total. The third-order valence-corrected chi connectivity index (χ3v) is 5.99. The van der Waals surface area contributed by atoms with Crippen LogP contribution in [0.3, 0.4) is 0 Å². The monoisotopic (exact) mass is 443 g/mol. The van der Waals surface area contributed by atoms with Crippen molar-refractivity contribution >= 4 is 23.4 Å². The number of benzene rings is 2. The van der Waals surface area contributed by atoms with Gasteiger partial charge in [-0.2, -0.15) is 4.98 Å². The number of fused-ring (bicyclic) bond motifs is 2. The minimum absolute atomic E-state index is 0.503.